The van der Waals surface area contributed by atoms with Gasteiger partial charge >= 0.3 is 6.09 Å². The molecular weight excluding hydrogens is 685 g/mol. The van der Waals surface area contributed by atoms with E-state index in [0.29, 0.717) is 24.5 Å². The Kier molecular flexibility index (Phi) is 10.6. The van der Waals surface area contributed by atoms with Gasteiger partial charge in [0.25, 0.3) is 5.91 Å². The van der Waals surface area contributed by atoms with E-state index < -0.39 is 18.2 Å². The predicted octanol–water partition coefficient (Wildman–Crippen LogP) is 6.08. The lowest BCUT2D eigenvalue weighted by Gasteiger charge is -2.28. The average Bonchev–Trinajstić information content (AvgIpc) is 4.03. The minimum atomic E-state index is -0.876. The number of methoxy groups -OCH3 is 1. The second kappa shape index (κ2) is 15.8. The lowest BCUT2D eigenvalue weighted by molar-refractivity contribution is -0.136. The normalized spacial score (nSPS) is 17.9. The molecule has 2 aromatic heterocycles. The number of aromatic nitrogens is 4. The SMILES string of the molecule is COC(=O)N[C@@H](C(=O)N1CCCC1c1ncc(-c2ccc(-c3ccc(-c4cnc(C5CCCN5C(=O)[C@@H](C)NC(C)=O)[nH]4)cc3)cc2)[nH]1)c1ccccc1. The van der Waals surface area contributed by atoms with Gasteiger partial charge in [-0.1, -0.05) is 78.9 Å². The molecule has 3 aromatic carbocycles. The monoisotopic (exact) mass is 728 g/mol. The third kappa shape index (κ3) is 7.61. The summed E-state index contributed by atoms with van der Waals surface area (Å²) in [4.78, 5) is 70.4. The highest BCUT2D eigenvalue weighted by atomic mass is 16.5. The number of nitrogens with zero attached hydrogens (tertiary/aromatic N) is 4. The summed E-state index contributed by atoms with van der Waals surface area (Å²) in [7, 11) is 1.28. The number of hydrogen-bond acceptors (Lipinski definition) is 7. The van der Waals surface area contributed by atoms with Crippen molar-refractivity contribution in [1.82, 2.24) is 40.4 Å². The summed E-state index contributed by atoms with van der Waals surface area (Å²) in [5.41, 5.74) is 6.47. The number of carbonyl (C=O) groups is 4. The number of aromatic amines is 2. The van der Waals surface area contributed by atoms with Gasteiger partial charge in [0.15, 0.2) is 0 Å². The second-order valence-electron chi connectivity index (χ2n) is 13.8. The van der Waals surface area contributed by atoms with Crippen LogP contribution in [0.25, 0.3) is 33.6 Å². The van der Waals surface area contributed by atoms with Crippen LogP contribution in [0.15, 0.2) is 91.3 Å². The van der Waals surface area contributed by atoms with Crippen molar-refractivity contribution >= 4 is 23.8 Å². The first kappa shape index (κ1) is 36.1. The first-order chi connectivity index (χ1) is 26.2. The van der Waals surface area contributed by atoms with E-state index in [0.717, 1.165) is 65.1 Å². The fourth-order valence-corrected chi connectivity index (χ4v) is 7.51. The van der Waals surface area contributed by atoms with Crippen LogP contribution < -0.4 is 10.6 Å². The van der Waals surface area contributed by atoms with E-state index in [4.69, 9.17) is 4.74 Å². The summed E-state index contributed by atoms with van der Waals surface area (Å²) in [6.07, 6.45) is 6.19. The fraction of sp³-hybridized carbons (Fsp3) is 0.317. The highest BCUT2D eigenvalue weighted by molar-refractivity contribution is 5.88. The van der Waals surface area contributed by atoms with Gasteiger partial charge in [0.1, 0.15) is 23.7 Å². The minimum Gasteiger partial charge on any atom is -0.453 e. The van der Waals surface area contributed by atoms with Crippen molar-refractivity contribution in [2.24, 2.45) is 0 Å². The molecule has 2 aliphatic heterocycles. The van der Waals surface area contributed by atoms with Gasteiger partial charge in [0.2, 0.25) is 11.8 Å². The number of imidazole rings is 2. The molecule has 5 aromatic rings. The van der Waals surface area contributed by atoms with Crippen LogP contribution in [-0.2, 0) is 19.1 Å². The van der Waals surface area contributed by atoms with Crippen molar-refractivity contribution in [3.8, 4) is 33.6 Å². The number of rotatable bonds is 10. The number of carbonyl (C=O) groups excluding carboxylic acids is 4. The number of ether oxygens (including phenoxy) is 1. The Morgan fingerprint density at radius 2 is 1.19 bits per heavy atom. The van der Waals surface area contributed by atoms with Crippen molar-refractivity contribution in [1.29, 1.82) is 0 Å². The molecule has 0 radical (unpaired) electrons. The van der Waals surface area contributed by atoms with Gasteiger partial charge < -0.3 is 35.1 Å². The van der Waals surface area contributed by atoms with Crippen LogP contribution >= 0.6 is 0 Å². The van der Waals surface area contributed by atoms with Crippen LogP contribution in [-0.4, -0.2) is 79.8 Å². The molecule has 54 heavy (non-hydrogen) atoms. The van der Waals surface area contributed by atoms with Crippen LogP contribution in [0.4, 0.5) is 4.79 Å². The van der Waals surface area contributed by atoms with Gasteiger partial charge in [-0.05, 0) is 60.4 Å². The van der Waals surface area contributed by atoms with Gasteiger partial charge in [0, 0.05) is 20.0 Å². The molecule has 2 saturated heterocycles. The Morgan fingerprint density at radius 3 is 1.67 bits per heavy atom. The maximum Gasteiger partial charge on any atom is 0.407 e. The summed E-state index contributed by atoms with van der Waals surface area (Å²) >= 11 is 0. The zero-order chi connectivity index (χ0) is 37.8. The molecule has 4 atom stereocenters. The summed E-state index contributed by atoms with van der Waals surface area (Å²) in [5.74, 6) is 0.898. The topological polar surface area (TPSA) is 165 Å². The molecule has 0 bridgehead atoms. The number of amides is 4. The molecule has 0 aliphatic carbocycles. The summed E-state index contributed by atoms with van der Waals surface area (Å²) in [6.45, 7) is 4.31. The smallest absolute Gasteiger partial charge is 0.407 e. The quantitative estimate of drug-likeness (QED) is 0.135. The highest BCUT2D eigenvalue weighted by Gasteiger charge is 2.37. The van der Waals surface area contributed by atoms with Crippen LogP contribution in [0, 0.1) is 0 Å². The Labute approximate surface area is 313 Å². The Balaban J connectivity index is 1.01. The van der Waals surface area contributed by atoms with Crippen LogP contribution in [0.2, 0.25) is 0 Å². The largest absolute Gasteiger partial charge is 0.453 e. The lowest BCUT2D eigenvalue weighted by atomic mass is 10.0. The highest BCUT2D eigenvalue weighted by Crippen LogP contribution is 2.35. The Bertz CT molecular complexity index is 2110. The number of nitrogens with one attached hydrogen (secondary N) is 4. The van der Waals surface area contributed by atoms with Crippen molar-refractivity contribution in [2.45, 2.75) is 63.7 Å². The molecule has 13 heteroatoms. The summed E-state index contributed by atoms with van der Waals surface area (Å²) in [5, 5.41) is 5.40. The van der Waals surface area contributed by atoms with E-state index in [1.54, 1.807) is 29.1 Å². The summed E-state index contributed by atoms with van der Waals surface area (Å²) in [6, 6.07) is 23.8. The molecule has 13 nitrogen and oxygen atoms in total. The first-order valence-corrected chi connectivity index (χ1v) is 18.3. The van der Waals surface area contributed by atoms with Gasteiger partial charge in [0.05, 0.1) is 43.0 Å². The fourth-order valence-electron chi connectivity index (χ4n) is 7.51. The van der Waals surface area contributed by atoms with Gasteiger partial charge in [-0.15, -0.1) is 0 Å². The molecule has 7 rings (SSSR count). The summed E-state index contributed by atoms with van der Waals surface area (Å²) < 4.78 is 4.82. The molecule has 4 N–H and O–H groups in total. The zero-order valence-electron chi connectivity index (χ0n) is 30.5. The molecule has 4 amide bonds. The molecule has 278 valence electrons. The number of benzene rings is 3. The number of H-pyrrole nitrogens is 2. The van der Waals surface area contributed by atoms with E-state index in [1.165, 1.54) is 14.0 Å². The van der Waals surface area contributed by atoms with Gasteiger partial charge in [-0.2, -0.15) is 0 Å². The maximum atomic E-state index is 13.9. The Morgan fingerprint density at radius 1 is 0.704 bits per heavy atom. The maximum absolute atomic E-state index is 13.9. The first-order valence-electron chi connectivity index (χ1n) is 18.3. The molecule has 2 unspecified atom stereocenters. The third-order valence-electron chi connectivity index (χ3n) is 10.2. The molecule has 2 aliphatic rings. The van der Waals surface area contributed by atoms with E-state index >= 15 is 0 Å². The molecule has 0 spiro atoms. The van der Waals surface area contributed by atoms with Crippen molar-refractivity contribution in [3.05, 3.63) is 108 Å². The van der Waals surface area contributed by atoms with E-state index in [9.17, 15) is 19.2 Å². The molecule has 0 saturated carbocycles. The second-order valence-corrected chi connectivity index (χ2v) is 13.8. The predicted molar refractivity (Wildman–Crippen MR) is 202 cm³/mol. The third-order valence-corrected chi connectivity index (χ3v) is 10.2. The lowest BCUT2D eigenvalue weighted by Crippen LogP contribution is -2.46. The van der Waals surface area contributed by atoms with Gasteiger partial charge in [-0.3, -0.25) is 14.4 Å². The molecular formula is C41H44N8O5. The molecule has 2 fully saturated rings. The van der Waals surface area contributed by atoms with Crippen LogP contribution in [0.1, 0.15) is 74.9 Å². The number of hydrogen-bond donors (Lipinski definition) is 4. The molecule has 4 heterocycles. The van der Waals surface area contributed by atoms with Gasteiger partial charge in [-0.25, -0.2) is 14.8 Å². The van der Waals surface area contributed by atoms with E-state index in [2.05, 4.69) is 67.0 Å². The van der Waals surface area contributed by atoms with Crippen LogP contribution in [0.5, 0.6) is 0 Å². The number of alkyl carbamates (subject to hydrolysis) is 1. The van der Waals surface area contributed by atoms with Crippen molar-refractivity contribution in [2.75, 3.05) is 20.2 Å². The van der Waals surface area contributed by atoms with E-state index in [-0.39, 0.29) is 29.8 Å². The Hall–Kier alpha value is -6.24. The minimum absolute atomic E-state index is 0.106. The number of likely N-dealkylation sites (tertiary alicyclic amines) is 2. The standard InChI is InChI=1S/C41H44N8O5/c1-25(44-26(2)50)39(51)48-21-7-11-34(48)37-42-23-32(45-37)29-17-13-27(14-18-29)28-15-19-30(20-16-28)33-24-43-38(46-33)35-12-8-22-49(35)40(52)36(47-41(53)54-3)31-9-5-4-6-10-31/h4-6,9-10,13-20,23-25,34-36H,7-8,11-12,21-22H2,1-3H3,(H,42,45)(H,43,46)(H,44,50)(H,47,53)/t25-,34?,35?,36-/m1/s1. The average molecular weight is 729 g/mol. The van der Waals surface area contributed by atoms with Crippen molar-refractivity contribution < 1.29 is 23.9 Å². The van der Waals surface area contributed by atoms with Crippen molar-refractivity contribution in [3.63, 3.8) is 0 Å². The zero-order valence-corrected chi connectivity index (χ0v) is 30.5. The van der Waals surface area contributed by atoms with E-state index in [1.807, 2.05) is 42.5 Å². The van der Waals surface area contributed by atoms with Crippen LogP contribution in [0.3, 0.4) is 0 Å².